The average Bonchev–Trinajstić information content (AvgIpc) is 3.19. The van der Waals surface area contributed by atoms with Crippen molar-refractivity contribution in [2.24, 2.45) is 5.92 Å². The summed E-state index contributed by atoms with van der Waals surface area (Å²) in [5.74, 6) is -0.155. The molecule has 2 saturated heterocycles. The third-order valence-corrected chi connectivity index (χ3v) is 11.5. The highest BCUT2D eigenvalue weighted by atomic mass is 16.7. The van der Waals surface area contributed by atoms with Crippen molar-refractivity contribution in [1.29, 1.82) is 0 Å². The van der Waals surface area contributed by atoms with Crippen molar-refractivity contribution >= 4 is 17.8 Å². The Hall–Kier alpha value is -4.09. The highest BCUT2D eigenvalue weighted by Gasteiger charge is 2.44. The molecule has 1 saturated carbocycles. The number of nitrogens with zero attached hydrogens (tertiary/aromatic N) is 1. The fourth-order valence-corrected chi connectivity index (χ4v) is 8.75. The lowest BCUT2D eigenvalue weighted by Crippen LogP contribution is -2.61. The number of hydrogen-bond acceptors (Lipinski definition) is 7. The summed E-state index contributed by atoms with van der Waals surface area (Å²) in [5, 5.41) is 24.8. The first-order chi connectivity index (χ1) is 27.0. The summed E-state index contributed by atoms with van der Waals surface area (Å²) in [6.07, 6.45) is 8.72. The number of carboxylic acid groups (broad SMARTS) is 1. The van der Waals surface area contributed by atoms with Crippen molar-refractivity contribution in [2.45, 2.75) is 147 Å². The second-order valence-corrected chi connectivity index (χ2v) is 17.0. The number of amides is 2. The fourth-order valence-electron chi connectivity index (χ4n) is 8.75. The molecule has 3 aliphatic rings. The Labute approximate surface area is 332 Å². The fraction of sp³-hybridized carbons (Fsp3) is 0.543. The lowest BCUT2D eigenvalue weighted by molar-refractivity contribution is -0.255. The number of fused-ring (bicyclic) bond motifs is 1. The first-order valence-electron chi connectivity index (χ1n) is 20.7. The van der Waals surface area contributed by atoms with Gasteiger partial charge in [0.05, 0.1) is 24.9 Å². The molecule has 2 heterocycles. The van der Waals surface area contributed by atoms with E-state index in [9.17, 15) is 19.5 Å². The summed E-state index contributed by atoms with van der Waals surface area (Å²) in [7, 11) is 0. The average molecular weight is 768 g/mol. The number of rotatable bonds is 15. The van der Waals surface area contributed by atoms with E-state index >= 15 is 0 Å². The summed E-state index contributed by atoms with van der Waals surface area (Å²) in [6.45, 7) is 7.15. The Kier molecular flexibility index (Phi) is 14.4. The van der Waals surface area contributed by atoms with E-state index in [-0.39, 0.29) is 48.6 Å². The molecule has 6 rings (SSSR count). The van der Waals surface area contributed by atoms with Gasteiger partial charge in [0.15, 0.2) is 6.29 Å². The minimum atomic E-state index is -0.806. The van der Waals surface area contributed by atoms with Crippen LogP contribution >= 0.6 is 0 Å². The van der Waals surface area contributed by atoms with Crippen LogP contribution in [0.2, 0.25) is 0 Å². The molecule has 56 heavy (non-hydrogen) atoms. The van der Waals surface area contributed by atoms with Gasteiger partial charge in [-0.25, -0.2) is 0 Å². The predicted octanol–water partition coefficient (Wildman–Crippen LogP) is 7.98. The number of piperidine rings is 1. The van der Waals surface area contributed by atoms with Crippen LogP contribution in [0, 0.1) is 5.92 Å². The maximum absolute atomic E-state index is 13.8. The van der Waals surface area contributed by atoms with Crippen LogP contribution in [0.1, 0.15) is 132 Å². The number of aliphatic carboxylic acids is 1. The summed E-state index contributed by atoms with van der Waals surface area (Å²) in [4.78, 5) is 39.6. The Morgan fingerprint density at radius 2 is 1.54 bits per heavy atom. The molecule has 3 fully saturated rings. The molecule has 10 heteroatoms. The lowest BCUT2D eigenvalue weighted by atomic mass is 9.75. The second kappa shape index (κ2) is 19.4. The van der Waals surface area contributed by atoms with Gasteiger partial charge in [0.2, 0.25) is 11.8 Å². The maximum atomic E-state index is 13.8. The molecule has 6 atom stereocenters. The zero-order valence-corrected chi connectivity index (χ0v) is 33.4. The van der Waals surface area contributed by atoms with E-state index < -0.39 is 12.3 Å². The van der Waals surface area contributed by atoms with Crippen molar-refractivity contribution in [3.8, 4) is 11.1 Å². The molecule has 3 aromatic rings. The number of likely N-dealkylation sites (tertiary alicyclic amines) is 1. The SMILES string of the molecule is CC(C)(C)NC(=O)C1CCC2CCCCC2N1CC1CC(c2ccc(CO)cc2)OC(c2cccc(-c3cccc(CNC(=O)CCCCCC(=O)O)c3)c2)O1. The van der Waals surface area contributed by atoms with Gasteiger partial charge in [-0.05, 0) is 105 Å². The van der Waals surface area contributed by atoms with Crippen molar-refractivity contribution in [1.82, 2.24) is 15.5 Å². The van der Waals surface area contributed by atoms with Crippen LogP contribution in [-0.2, 0) is 37.0 Å². The molecule has 0 bridgehead atoms. The highest BCUT2D eigenvalue weighted by Crippen LogP contribution is 2.42. The van der Waals surface area contributed by atoms with E-state index in [1.807, 2.05) is 69.3 Å². The van der Waals surface area contributed by atoms with Crippen LogP contribution in [0.5, 0.6) is 0 Å². The normalized spacial score (nSPS) is 24.2. The number of unbranched alkanes of at least 4 members (excludes halogenated alkanes) is 2. The third kappa shape index (κ3) is 11.5. The standard InChI is InChI=1S/C46H61N3O7/c1-46(2,3)48-44(54)40-24-23-33-12-7-8-16-39(33)49(40)29-38-27-41(34-21-19-31(30-50)20-22-34)56-45(55-38)37-15-10-14-36(26-37)35-13-9-11-32(25-35)28-47-42(51)17-5-4-6-18-43(52)53/h9-11,13-15,19-22,25-26,33,38-41,45,50H,4-8,12,16-18,23-24,27-30H2,1-3H3,(H,47,51)(H,48,54)(H,52,53). The Bertz CT molecular complexity index is 1770. The number of carboxylic acids is 1. The third-order valence-electron chi connectivity index (χ3n) is 11.5. The molecule has 3 aromatic carbocycles. The highest BCUT2D eigenvalue weighted by molar-refractivity contribution is 5.82. The molecule has 10 nitrogen and oxygen atoms in total. The van der Waals surface area contributed by atoms with Crippen LogP contribution in [0.4, 0.5) is 0 Å². The number of ether oxygens (including phenoxy) is 2. The van der Waals surface area contributed by atoms with Crippen molar-refractivity contribution < 1.29 is 34.1 Å². The van der Waals surface area contributed by atoms with E-state index in [1.165, 1.54) is 19.3 Å². The molecule has 0 spiro atoms. The Morgan fingerprint density at radius 3 is 2.29 bits per heavy atom. The summed E-state index contributed by atoms with van der Waals surface area (Å²) in [6, 6.07) is 24.5. The maximum Gasteiger partial charge on any atom is 0.303 e. The molecule has 6 unspecified atom stereocenters. The number of benzene rings is 3. The van der Waals surface area contributed by atoms with Gasteiger partial charge < -0.3 is 30.3 Å². The summed E-state index contributed by atoms with van der Waals surface area (Å²) >= 11 is 0. The van der Waals surface area contributed by atoms with E-state index in [1.54, 1.807) is 0 Å². The molecule has 0 radical (unpaired) electrons. The smallest absolute Gasteiger partial charge is 0.303 e. The number of aliphatic hydroxyl groups excluding tert-OH is 1. The van der Waals surface area contributed by atoms with E-state index in [0.717, 1.165) is 52.6 Å². The number of aliphatic hydroxyl groups is 1. The minimum Gasteiger partial charge on any atom is -0.481 e. The molecule has 302 valence electrons. The molecule has 0 aromatic heterocycles. The second-order valence-electron chi connectivity index (χ2n) is 17.0. The monoisotopic (exact) mass is 767 g/mol. The van der Waals surface area contributed by atoms with Crippen molar-refractivity contribution in [3.05, 3.63) is 95.1 Å². The van der Waals surface area contributed by atoms with Gasteiger partial charge in [0.1, 0.15) is 0 Å². The van der Waals surface area contributed by atoms with Crippen LogP contribution in [0.15, 0.2) is 72.8 Å². The quantitative estimate of drug-likeness (QED) is 0.114. The van der Waals surface area contributed by atoms with Gasteiger partial charge >= 0.3 is 5.97 Å². The summed E-state index contributed by atoms with van der Waals surface area (Å²) < 4.78 is 13.7. The molecule has 2 amide bonds. The molecule has 1 aliphatic carbocycles. The van der Waals surface area contributed by atoms with Crippen molar-refractivity contribution in [2.75, 3.05) is 6.54 Å². The van der Waals surface area contributed by atoms with Gasteiger partial charge in [0.25, 0.3) is 0 Å². The van der Waals surface area contributed by atoms with Crippen LogP contribution in [0.3, 0.4) is 0 Å². The number of hydrogen-bond donors (Lipinski definition) is 4. The van der Waals surface area contributed by atoms with E-state index in [4.69, 9.17) is 14.6 Å². The number of carbonyl (C=O) groups is 3. The lowest BCUT2D eigenvalue weighted by Gasteiger charge is -2.50. The van der Waals surface area contributed by atoms with Gasteiger partial charge in [-0.15, -0.1) is 0 Å². The largest absolute Gasteiger partial charge is 0.481 e. The number of nitrogens with one attached hydrogen (secondary N) is 2. The minimum absolute atomic E-state index is 0.0216. The van der Waals surface area contributed by atoms with Crippen LogP contribution in [0.25, 0.3) is 11.1 Å². The van der Waals surface area contributed by atoms with E-state index in [2.05, 4.69) is 39.8 Å². The van der Waals surface area contributed by atoms with Gasteiger partial charge in [-0.2, -0.15) is 0 Å². The zero-order chi connectivity index (χ0) is 39.7. The van der Waals surface area contributed by atoms with Crippen molar-refractivity contribution in [3.63, 3.8) is 0 Å². The molecular formula is C46H61N3O7. The van der Waals surface area contributed by atoms with Gasteiger partial charge in [-0.1, -0.05) is 79.9 Å². The zero-order valence-electron chi connectivity index (χ0n) is 33.4. The first-order valence-corrected chi connectivity index (χ1v) is 20.7. The van der Waals surface area contributed by atoms with Gasteiger partial charge in [0, 0.05) is 49.5 Å². The predicted molar refractivity (Wildman–Crippen MR) is 216 cm³/mol. The molecule has 2 aliphatic heterocycles. The molecule has 4 N–H and O–H groups in total. The Morgan fingerprint density at radius 1 is 0.804 bits per heavy atom. The number of carbonyl (C=O) groups excluding carboxylic acids is 2. The Balaban J connectivity index is 1.20. The van der Waals surface area contributed by atoms with Crippen LogP contribution in [-0.4, -0.2) is 63.2 Å². The molecular weight excluding hydrogens is 707 g/mol. The topological polar surface area (TPSA) is 137 Å². The summed E-state index contributed by atoms with van der Waals surface area (Å²) in [5.41, 5.74) is 5.47. The van der Waals surface area contributed by atoms with Crippen LogP contribution < -0.4 is 10.6 Å². The van der Waals surface area contributed by atoms with Gasteiger partial charge in [-0.3, -0.25) is 19.3 Å². The van der Waals surface area contributed by atoms with E-state index in [0.29, 0.717) is 57.2 Å². The first kappa shape index (κ1) is 41.5.